The summed E-state index contributed by atoms with van der Waals surface area (Å²) in [5.74, 6) is 0. The molecule has 0 radical (unpaired) electrons. The fraction of sp³-hybridized carbons (Fsp3) is 0.308. The van der Waals surface area contributed by atoms with Crippen molar-refractivity contribution in [3.05, 3.63) is 46.8 Å². The van der Waals surface area contributed by atoms with Crippen molar-refractivity contribution in [2.75, 3.05) is 0 Å². The summed E-state index contributed by atoms with van der Waals surface area (Å²) in [5.41, 5.74) is 3.44. The molecule has 0 atom stereocenters. The molecular formula is C13H13NO. The fourth-order valence-electron chi connectivity index (χ4n) is 2.51. The minimum Gasteiger partial charge on any atom is -0.618 e. The van der Waals surface area contributed by atoms with Crippen molar-refractivity contribution in [1.82, 2.24) is 0 Å². The highest BCUT2D eigenvalue weighted by Gasteiger charge is 2.17. The standard InChI is InChI=1S/C13H13NO/c15-14-9-10-5-1-2-6-11(10)12-7-3-4-8-13(12)14/h3-4,7-9H,1-2,5-6H2. The summed E-state index contributed by atoms with van der Waals surface area (Å²) in [5, 5.41) is 12.9. The molecule has 15 heavy (non-hydrogen) atoms. The molecule has 2 heteroatoms. The highest BCUT2D eigenvalue weighted by molar-refractivity contribution is 5.80. The molecule has 1 heterocycles. The third kappa shape index (κ3) is 1.29. The molecule has 1 aromatic heterocycles. The van der Waals surface area contributed by atoms with Crippen LogP contribution in [0.4, 0.5) is 0 Å². The molecule has 0 saturated carbocycles. The first-order valence-corrected chi connectivity index (χ1v) is 5.49. The van der Waals surface area contributed by atoms with Crippen LogP contribution in [-0.2, 0) is 12.8 Å². The maximum atomic E-state index is 11.8. The first-order chi connectivity index (χ1) is 7.36. The number of aromatic nitrogens is 1. The topological polar surface area (TPSA) is 26.9 Å². The van der Waals surface area contributed by atoms with Crippen LogP contribution in [0.3, 0.4) is 0 Å². The molecule has 0 fully saturated rings. The second-order valence-electron chi connectivity index (χ2n) is 4.18. The average molecular weight is 199 g/mol. The summed E-state index contributed by atoms with van der Waals surface area (Å²) in [6, 6.07) is 7.90. The Bertz CT molecular complexity index is 519. The molecule has 0 N–H and O–H groups in total. The van der Waals surface area contributed by atoms with Crippen LogP contribution in [0, 0.1) is 5.21 Å². The van der Waals surface area contributed by atoms with Crippen LogP contribution in [-0.4, -0.2) is 0 Å². The van der Waals surface area contributed by atoms with E-state index in [0.717, 1.165) is 28.5 Å². The summed E-state index contributed by atoms with van der Waals surface area (Å²) in [7, 11) is 0. The highest BCUT2D eigenvalue weighted by Crippen LogP contribution is 2.26. The molecule has 0 amide bonds. The molecule has 2 nitrogen and oxygen atoms in total. The van der Waals surface area contributed by atoms with Gasteiger partial charge in [-0.25, -0.2) is 0 Å². The largest absolute Gasteiger partial charge is 0.618 e. The van der Waals surface area contributed by atoms with Crippen molar-refractivity contribution in [1.29, 1.82) is 0 Å². The maximum Gasteiger partial charge on any atom is 0.224 e. The van der Waals surface area contributed by atoms with E-state index < -0.39 is 0 Å². The minimum absolute atomic E-state index is 0.804. The Morgan fingerprint density at radius 3 is 2.80 bits per heavy atom. The smallest absolute Gasteiger partial charge is 0.224 e. The predicted molar refractivity (Wildman–Crippen MR) is 59.6 cm³/mol. The molecule has 3 rings (SSSR count). The SMILES string of the molecule is [O-][n+]1cc2c(c3ccccc31)CCCC2. The molecule has 1 aromatic carbocycles. The highest BCUT2D eigenvalue weighted by atomic mass is 16.5. The van der Waals surface area contributed by atoms with Gasteiger partial charge in [-0.1, -0.05) is 12.1 Å². The van der Waals surface area contributed by atoms with Crippen LogP contribution in [0.1, 0.15) is 24.0 Å². The van der Waals surface area contributed by atoms with Crippen LogP contribution < -0.4 is 4.73 Å². The van der Waals surface area contributed by atoms with Crippen molar-refractivity contribution < 1.29 is 4.73 Å². The van der Waals surface area contributed by atoms with E-state index in [1.807, 2.05) is 18.2 Å². The lowest BCUT2D eigenvalue weighted by molar-refractivity contribution is -0.577. The monoisotopic (exact) mass is 199 g/mol. The van der Waals surface area contributed by atoms with Gasteiger partial charge >= 0.3 is 0 Å². The van der Waals surface area contributed by atoms with Crippen LogP contribution in [0.25, 0.3) is 10.9 Å². The van der Waals surface area contributed by atoms with Crippen LogP contribution in [0.2, 0.25) is 0 Å². The summed E-state index contributed by atoms with van der Waals surface area (Å²) in [6.45, 7) is 0. The van der Waals surface area contributed by atoms with Gasteiger partial charge in [0.1, 0.15) is 0 Å². The number of fused-ring (bicyclic) bond motifs is 3. The van der Waals surface area contributed by atoms with E-state index >= 15 is 0 Å². The van der Waals surface area contributed by atoms with Gasteiger partial charge in [0, 0.05) is 11.6 Å². The Balaban J connectivity index is 2.39. The van der Waals surface area contributed by atoms with Crippen LogP contribution >= 0.6 is 0 Å². The molecule has 1 aliphatic carbocycles. The number of hydrogen-bond acceptors (Lipinski definition) is 1. The van der Waals surface area contributed by atoms with Gasteiger partial charge in [-0.15, -0.1) is 0 Å². The number of nitrogens with zero attached hydrogens (tertiary/aromatic N) is 1. The second-order valence-corrected chi connectivity index (χ2v) is 4.18. The van der Waals surface area contributed by atoms with Gasteiger partial charge in [0.15, 0.2) is 6.20 Å². The summed E-state index contributed by atoms with van der Waals surface area (Å²) < 4.78 is 1.01. The number of rotatable bonds is 0. The van der Waals surface area contributed by atoms with Crippen molar-refractivity contribution in [3.63, 3.8) is 0 Å². The van der Waals surface area contributed by atoms with Gasteiger partial charge in [0.05, 0.1) is 5.39 Å². The summed E-state index contributed by atoms with van der Waals surface area (Å²) in [4.78, 5) is 0. The van der Waals surface area contributed by atoms with E-state index in [0.29, 0.717) is 0 Å². The van der Waals surface area contributed by atoms with Gasteiger partial charge in [-0.2, -0.15) is 4.73 Å². The van der Waals surface area contributed by atoms with E-state index in [1.54, 1.807) is 6.20 Å². The maximum absolute atomic E-state index is 11.8. The Labute approximate surface area is 88.7 Å². The van der Waals surface area contributed by atoms with E-state index in [9.17, 15) is 5.21 Å². The molecule has 2 aromatic rings. The van der Waals surface area contributed by atoms with E-state index in [-0.39, 0.29) is 0 Å². The van der Waals surface area contributed by atoms with E-state index in [1.165, 1.54) is 24.0 Å². The van der Waals surface area contributed by atoms with E-state index in [2.05, 4.69) is 6.07 Å². The zero-order chi connectivity index (χ0) is 10.3. The van der Waals surface area contributed by atoms with Gasteiger partial charge in [-0.05, 0) is 37.3 Å². The van der Waals surface area contributed by atoms with Gasteiger partial charge in [0.25, 0.3) is 0 Å². The van der Waals surface area contributed by atoms with E-state index in [4.69, 9.17) is 0 Å². The van der Waals surface area contributed by atoms with Gasteiger partial charge in [0.2, 0.25) is 5.52 Å². The number of pyridine rings is 1. The normalized spacial score (nSPS) is 15.2. The first kappa shape index (κ1) is 8.72. The van der Waals surface area contributed by atoms with Gasteiger partial charge < -0.3 is 5.21 Å². The summed E-state index contributed by atoms with van der Waals surface area (Å²) in [6.07, 6.45) is 6.40. The molecule has 76 valence electrons. The first-order valence-electron chi connectivity index (χ1n) is 5.49. The molecule has 0 spiro atoms. The minimum atomic E-state index is 0.804. The zero-order valence-electron chi connectivity index (χ0n) is 8.57. The lowest BCUT2D eigenvalue weighted by atomic mass is 9.90. The zero-order valence-corrected chi connectivity index (χ0v) is 8.57. The Hall–Kier alpha value is -1.57. The predicted octanol–water partition coefficient (Wildman–Crippen LogP) is 2.35. The quantitative estimate of drug-likeness (QED) is 0.472. The van der Waals surface area contributed by atoms with Crippen molar-refractivity contribution >= 4 is 10.9 Å². The second kappa shape index (κ2) is 3.23. The molecular weight excluding hydrogens is 186 g/mol. The average Bonchev–Trinajstić information content (AvgIpc) is 2.30. The number of benzene rings is 1. The third-order valence-corrected chi connectivity index (χ3v) is 3.25. The number of aryl methyl sites for hydroxylation is 2. The Morgan fingerprint density at radius 1 is 1.07 bits per heavy atom. The Morgan fingerprint density at radius 2 is 1.87 bits per heavy atom. The lowest BCUT2D eigenvalue weighted by Gasteiger charge is -2.16. The molecule has 0 bridgehead atoms. The fourth-order valence-corrected chi connectivity index (χ4v) is 2.51. The van der Waals surface area contributed by atoms with Crippen molar-refractivity contribution in [2.45, 2.75) is 25.7 Å². The molecule has 1 aliphatic rings. The van der Waals surface area contributed by atoms with Crippen molar-refractivity contribution in [3.8, 4) is 0 Å². The molecule has 0 aliphatic heterocycles. The number of para-hydroxylation sites is 1. The van der Waals surface area contributed by atoms with Gasteiger partial charge in [-0.3, -0.25) is 0 Å². The number of hydrogen-bond donors (Lipinski definition) is 0. The summed E-state index contributed by atoms with van der Waals surface area (Å²) >= 11 is 0. The lowest BCUT2D eigenvalue weighted by Crippen LogP contribution is -2.29. The Kier molecular flexibility index (Phi) is 1.88. The van der Waals surface area contributed by atoms with Crippen molar-refractivity contribution in [2.24, 2.45) is 0 Å². The third-order valence-electron chi connectivity index (χ3n) is 3.25. The molecule has 0 saturated heterocycles. The van der Waals surface area contributed by atoms with Crippen LogP contribution in [0.15, 0.2) is 30.5 Å². The molecule has 0 unspecified atom stereocenters. The van der Waals surface area contributed by atoms with Crippen LogP contribution in [0.5, 0.6) is 0 Å².